The van der Waals surface area contributed by atoms with Gasteiger partial charge in [0, 0.05) is 0 Å². The molecule has 2 rings (SSSR count). The fourth-order valence-corrected chi connectivity index (χ4v) is 2.61. The van der Waals surface area contributed by atoms with Gasteiger partial charge in [-0.25, -0.2) is 0 Å². The van der Waals surface area contributed by atoms with Crippen LogP contribution in [0.3, 0.4) is 0 Å². The number of H-pyrrole nitrogens is 1. The molecule has 0 bridgehead atoms. The number of tetrazole rings is 1. The predicted octanol–water partition coefficient (Wildman–Crippen LogP) is 0.223. The van der Waals surface area contributed by atoms with Crippen molar-refractivity contribution in [2.24, 2.45) is 11.1 Å². The third kappa shape index (κ3) is 2.20. The summed E-state index contributed by atoms with van der Waals surface area (Å²) in [7, 11) is 0. The van der Waals surface area contributed by atoms with Crippen LogP contribution in [-0.4, -0.2) is 31.5 Å². The molecule has 1 amide bonds. The van der Waals surface area contributed by atoms with Gasteiger partial charge < -0.3 is 11.1 Å². The Bertz CT molecular complexity index is 439. The number of thiocarbonyl (C=S) groups is 1. The first-order valence-electron chi connectivity index (χ1n) is 5.90. The van der Waals surface area contributed by atoms with E-state index in [2.05, 4.69) is 25.9 Å². The molecule has 0 saturated heterocycles. The summed E-state index contributed by atoms with van der Waals surface area (Å²) in [5.41, 5.74) is 5.05. The van der Waals surface area contributed by atoms with E-state index in [1.165, 1.54) is 0 Å². The van der Waals surface area contributed by atoms with Crippen LogP contribution in [0.25, 0.3) is 0 Å². The number of nitrogens with one attached hydrogen (secondary N) is 2. The van der Waals surface area contributed by atoms with Crippen molar-refractivity contribution in [3.05, 3.63) is 5.82 Å². The zero-order valence-electron chi connectivity index (χ0n) is 10.1. The predicted molar refractivity (Wildman–Crippen MR) is 68.4 cm³/mol. The van der Waals surface area contributed by atoms with Gasteiger partial charge in [-0.2, -0.15) is 5.21 Å². The van der Waals surface area contributed by atoms with Crippen LogP contribution < -0.4 is 11.1 Å². The molecule has 0 aromatic carbocycles. The topological polar surface area (TPSA) is 110 Å². The second-order valence-corrected chi connectivity index (χ2v) is 5.06. The lowest BCUT2D eigenvalue weighted by Gasteiger charge is -2.27. The first-order chi connectivity index (χ1) is 8.56. The van der Waals surface area contributed by atoms with Gasteiger partial charge in [0.1, 0.15) is 0 Å². The van der Waals surface area contributed by atoms with E-state index in [-0.39, 0.29) is 16.9 Å². The van der Waals surface area contributed by atoms with Crippen molar-refractivity contribution in [3.63, 3.8) is 0 Å². The number of aromatic amines is 1. The summed E-state index contributed by atoms with van der Waals surface area (Å²) < 4.78 is 0. The number of hydrogen-bond donors (Lipinski definition) is 3. The van der Waals surface area contributed by atoms with E-state index in [4.69, 9.17) is 18.0 Å². The number of aromatic nitrogens is 4. The number of carbonyl (C=O) groups excluding carboxylic acids is 1. The highest BCUT2D eigenvalue weighted by Crippen LogP contribution is 2.39. The SMILES string of the molecule is CC(NC(=O)C1(C(N)=S)CCCC1)c1nn[nH]n1. The minimum absolute atomic E-state index is 0.134. The number of rotatable bonds is 4. The summed E-state index contributed by atoms with van der Waals surface area (Å²) >= 11 is 5.06. The van der Waals surface area contributed by atoms with Crippen LogP contribution in [0.1, 0.15) is 44.5 Å². The molecule has 1 heterocycles. The van der Waals surface area contributed by atoms with Crippen LogP contribution in [0.4, 0.5) is 0 Å². The summed E-state index contributed by atoms with van der Waals surface area (Å²) in [5.74, 6) is 0.309. The molecule has 7 nitrogen and oxygen atoms in total. The van der Waals surface area contributed by atoms with Gasteiger partial charge in [-0.3, -0.25) is 4.79 Å². The number of nitrogens with zero attached hydrogens (tertiary/aromatic N) is 3. The van der Waals surface area contributed by atoms with Crippen molar-refractivity contribution in [2.75, 3.05) is 0 Å². The molecule has 18 heavy (non-hydrogen) atoms. The second kappa shape index (κ2) is 4.97. The molecule has 1 atom stereocenters. The molecule has 1 saturated carbocycles. The van der Waals surface area contributed by atoms with Gasteiger partial charge in [0.05, 0.1) is 16.4 Å². The van der Waals surface area contributed by atoms with Crippen LogP contribution in [0.15, 0.2) is 0 Å². The number of hydrogen-bond acceptors (Lipinski definition) is 5. The molecule has 4 N–H and O–H groups in total. The first kappa shape index (κ1) is 12.9. The maximum Gasteiger partial charge on any atom is 0.233 e. The molecule has 0 radical (unpaired) electrons. The number of nitrogens with two attached hydrogens (primary N) is 1. The lowest BCUT2D eigenvalue weighted by Crippen LogP contribution is -2.47. The largest absolute Gasteiger partial charge is 0.392 e. The van der Waals surface area contributed by atoms with Crippen LogP contribution >= 0.6 is 12.2 Å². The smallest absolute Gasteiger partial charge is 0.233 e. The van der Waals surface area contributed by atoms with E-state index in [0.29, 0.717) is 18.7 Å². The Balaban J connectivity index is 2.09. The Hall–Kier alpha value is -1.57. The van der Waals surface area contributed by atoms with Gasteiger partial charge >= 0.3 is 0 Å². The summed E-state index contributed by atoms with van der Waals surface area (Å²) in [6, 6.07) is -0.317. The third-order valence-electron chi connectivity index (χ3n) is 3.46. The molecule has 98 valence electrons. The second-order valence-electron chi connectivity index (χ2n) is 4.62. The average Bonchev–Trinajstić information content (AvgIpc) is 3.01. The fourth-order valence-electron chi connectivity index (χ4n) is 2.32. The van der Waals surface area contributed by atoms with E-state index in [9.17, 15) is 4.79 Å². The van der Waals surface area contributed by atoms with Crippen molar-refractivity contribution in [1.29, 1.82) is 0 Å². The Labute approximate surface area is 110 Å². The average molecular weight is 268 g/mol. The summed E-state index contributed by atoms with van der Waals surface area (Å²) in [5, 5.41) is 16.3. The summed E-state index contributed by atoms with van der Waals surface area (Å²) in [6.45, 7) is 1.80. The Morgan fingerprint density at radius 1 is 1.56 bits per heavy atom. The molecule has 1 fully saturated rings. The summed E-state index contributed by atoms with van der Waals surface area (Å²) in [6.07, 6.45) is 3.38. The zero-order valence-corrected chi connectivity index (χ0v) is 11.0. The molecular formula is C10H16N6OS. The van der Waals surface area contributed by atoms with Crippen molar-refractivity contribution >= 4 is 23.1 Å². The molecule has 1 aliphatic carbocycles. The standard InChI is InChI=1S/C10H16N6OS/c1-6(7-13-15-16-14-7)12-9(17)10(8(11)18)4-2-3-5-10/h6H,2-5H2,1H3,(H2,11,18)(H,12,17)(H,13,14,15,16). The lowest BCUT2D eigenvalue weighted by molar-refractivity contribution is -0.128. The van der Waals surface area contributed by atoms with Crippen LogP contribution in [0.2, 0.25) is 0 Å². The molecule has 8 heteroatoms. The van der Waals surface area contributed by atoms with E-state index < -0.39 is 5.41 Å². The molecule has 1 unspecified atom stereocenters. The number of amides is 1. The van der Waals surface area contributed by atoms with Crippen molar-refractivity contribution in [2.45, 2.75) is 38.6 Å². The van der Waals surface area contributed by atoms with Crippen LogP contribution in [-0.2, 0) is 4.79 Å². The van der Waals surface area contributed by atoms with Crippen molar-refractivity contribution < 1.29 is 4.79 Å². The van der Waals surface area contributed by atoms with Gasteiger partial charge in [0.15, 0.2) is 5.82 Å². The number of carbonyl (C=O) groups is 1. The van der Waals surface area contributed by atoms with Crippen molar-refractivity contribution in [1.82, 2.24) is 25.9 Å². The summed E-state index contributed by atoms with van der Waals surface area (Å²) in [4.78, 5) is 12.6. The van der Waals surface area contributed by atoms with E-state index in [1.807, 2.05) is 0 Å². The highest BCUT2D eigenvalue weighted by atomic mass is 32.1. The van der Waals surface area contributed by atoms with Gasteiger partial charge in [-0.05, 0) is 19.8 Å². The Kier molecular flexibility index (Phi) is 3.55. The molecule has 1 aliphatic rings. The molecule has 0 spiro atoms. The monoisotopic (exact) mass is 268 g/mol. The van der Waals surface area contributed by atoms with E-state index in [0.717, 1.165) is 12.8 Å². The van der Waals surface area contributed by atoms with Gasteiger partial charge in [-0.1, -0.05) is 30.3 Å². The zero-order chi connectivity index (χ0) is 13.2. The fraction of sp³-hybridized carbons (Fsp3) is 0.700. The van der Waals surface area contributed by atoms with Crippen molar-refractivity contribution in [3.8, 4) is 0 Å². The molecule has 1 aromatic rings. The van der Waals surface area contributed by atoms with E-state index in [1.54, 1.807) is 6.92 Å². The van der Waals surface area contributed by atoms with E-state index >= 15 is 0 Å². The normalized spacial score (nSPS) is 19.4. The van der Waals surface area contributed by atoms with Gasteiger partial charge in [-0.15, -0.1) is 10.2 Å². The van der Waals surface area contributed by atoms with Gasteiger partial charge in [0.2, 0.25) is 5.91 Å². The maximum atomic E-state index is 12.3. The van der Waals surface area contributed by atoms with Gasteiger partial charge in [0.25, 0.3) is 0 Å². The van der Waals surface area contributed by atoms with Crippen LogP contribution in [0.5, 0.6) is 0 Å². The maximum absolute atomic E-state index is 12.3. The molecule has 0 aliphatic heterocycles. The Morgan fingerprint density at radius 3 is 2.72 bits per heavy atom. The minimum Gasteiger partial charge on any atom is -0.392 e. The molecule has 1 aromatic heterocycles. The minimum atomic E-state index is -0.701. The quantitative estimate of drug-likeness (QED) is 0.674. The third-order valence-corrected chi connectivity index (χ3v) is 3.85. The highest BCUT2D eigenvalue weighted by Gasteiger charge is 2.44. The lowest BCUT2D eigenvalue weighted by atomic mass is 9.85. The Morgan fingerprint density at radius 2 is 2.22 bits per heavy atom. The highest BCUT2D eigenvalue weighted by molar-refractivity contribution is 7.80. The van der Waals surface area contributed by atoms with Crippen LogP contribution in [0, 0.1) is 5.41 Å². The molecular weight excluding hydrogens is 252 g/mol. The first-order valence-corrected chi connectivity index (χ1v) is 6.31.